The monoisotopic (exact) mass is 276 g/mol. The van der Waals surface area contributed by atoms with E-state index in [4.69, 9.17) is 5.11 Å². The van der Waals surface area contributed by atoms with Crippen molar-refractivity contribution in [3.63, 3.8) is 0 Å². The van der Waals surface area contributed by atoms with E-state index in [-0.39, 0.29) is 12.0 Å². The van der Waals surface area contributed by atoms with Gasteiger partial charge in [-0.1, -0.05) is 17.7 Å². The van der Waals surface area contributed by atoms with Crippen LogP contribution in [0.4, 0.5) is 5.69 Å². The second-order valence-corrected chi connectivity index (χ2v) is 5.48. The van der Waals surface area contributed by atoms with Crippen molar-refractivity contribution in [3.8, 4) is 0 Å². The summed E-state index contributed by atoms with van der Waals surface area (Å²) in [6.07, 6.45) is 2.66. The van der Waals surface area contributed by atoms with Crippen molar-refractivity contribution in [2.24, 2.45) is 5.41 Å². The maximum atomic E-state index is 11.7. The maximum absolute atomic E-state index is 11.7. The van der Waals surface area contributed by atoms with Gasteiger partial charge in [-0.2, -0.15) is 0 Å². The predicted molar refractivity (Wildman–Crippen MR) is 76.2 cm³/mol. The summed E-state index contributed by atoms with van der Waals surface area (Å²) < 4.78 is 0. The first-order valence-corrected chi connectivity index (χ1v) is 6.81. The van der Waals surface area contributed by atoms with Crippen LogP contribution in [0.25, 0.3) is 0 Å². The number of nitrogens with one attached hydrogen (secondary N) is 2. The van der Waals surface area contributed by atoms with Gasteiger partial charge in [0.1, 0.15) is 0 Å². The van der Waals surface area contributed by atoms with Gasteiger partial charge in [-0.05, 0) is 43.7 Å². The van der Waals surface area contributed by atoms with Gasteiger partial charge in [0, 0.05) is 18.8 Å². The smallest absolute Gasteiger partial charge is 0.313 e. The Balaban J connectivity index is 1.80. The maximum Gasteiger partial charge on any atom is 0.313 e. The van der Waals surface area contributed by atoms with E-state index >= 15 is 0 Å². The van der Waals surface area contributed by atoms with E-state index in [2.05, 4.69) is 10.6 Å². The number of hydrogen-bond acceptors (Lipinski definition) is 3. The molecule has 0 saturated heterocycles. The summed E-state index contributed by atoms with van der Waals surface area (Å²) in [4.78, 5) is 23.4. The highest BCUT2D eigenvalue weighted by molar-refractivity contribution is 6.39. The first-order chi connectivity index (χ1) is 9.54. The fourth-order valence-electron chi connectivity index (χ4n) is 2.10. The molecule has 1 aliphatic rings. The van der Waals surface area contributed by atoms with Gasteiger partial charge < -0.3 is 15.7 Å². The molecule has 5 nitrogen and oxygen atoms in total. The number of rotatable bonds is 5. The highest BCUT2D eigenvalue weighted by atomic mass is 16.3. The summed E-state index contributed by atoms with van der Waals surface area (Å²) in [5.74, 6) is -1.29. The van der Waals surface area contributed by atoms with Crippen molar-refractivity contribution in [1.82, 2.24) is 5.32 Å². The highest BCUT2D eigenvalue weighted by Gasteiger charge is 2.42. The molecule has 0 bridgehead atoms. The molecule has 1 aromatic rings. The molecule has 2 rings (SSSR count). The largest absolute Gasteiger partial charge is 0.396 e. The van der Waals surface area contributed by atoms with E-state index in [1.165, 1.54) is 0 Å². The van der Waals surface area contributed by atoms with E-state index < -0.39 is 11.8 Å². The molecule has 0 spiro atoms. The number of anilines is 1. The van der Waals surface area contributed by atoms with Gasteiger partial charge in [-0.25, -0.2) is 0 Å². The zero-order valence-electron chi connectivity index (χ0n) is 11.6. The molecule has 1 fully saturated rings. The van der Waals surface area contributed by atoms with E-state index in [9.17, 15) is 9.59 Å². The fourth-order valence-corrected chi connectivity index (χ4v) is 2.10. The van der Waals surface area contributed by atoms with Crippen molar-refractivity contribution in [1.29, 1.82) is 0 Å². The summed E-state index contributed by atoms with van der Waals surface area (Å²) in [7, 11) is 0. The van der Waals surface area contributed by atoms with Crippen LogP contribution < -0.4 is 10.6 Å². The number of aryl methyl sites for hydroxylation is 1. The van der Waals surface area contributed by atoms with Crippen LogP contribution in [-0.4, -0.2) is 30.1 Å². The van der Waals surface area contributed by atoms with Crippen molar-refractivity contribution < 1.29 is 14.7 Å². The molecule has 1 aliphatic carbocycles. The molecule has 0 aliphatic heterocycles. The van der Waals surface area contributed by atoms with Crippen LogP contribution in [0.1, 0.15) is 24.8 Å². The number of hydrogen-bond donors (Lipinski definition) is 3. The number of benzene rings is 1. The molecule has 5 heteroatoms. The number of carbonyl (C=O) groups is 2. The van der Waals surface area contributed by atoms with Crippen LogP contribution in [0.2, 0.25) is 0 Å². The number of amides is 2. The second-order valence-electron chi connectivity index (χ2n) is 5.48. The Morgan fingerprint density at radius 1 is 1.20 bits per heavy atom. The second kappa shape index (κ2) is 6.05. The SMILES string of the molecule is Cc1ccc(NC(=O)C(=O)NCC2(CCO)CC2)cc1. The summed E-state index contributed by atoms with van der Waals surface area (Å²) >= 11 is 0. The minimum atomic E-state index is -0.659. The van der Waals surface area contributed by atoms with Crippen LogP contribution in [0.15, 0.2) is 24.3 Å². The normalized spacial score (nSPS) is 15.5. The van der Waals surface area contributed by atoms with E-state index in [1.54, 1.807) is 12.1 Å². The van der Waals surface area contributed by atoms with Crippen molar-refractivity contribution >= 4 is 17.5 Å². The van der Waals surface area contributed by atoms with E-state index in [0.29, 0.717) is 18.7 Å². The fraction of sp³-hybridized carbons (Fsp3) is 0.467. The van der Waals surface area contributed by atoms with Crippen LogP contribution in [0.3, 0.4) is 0 Å². The van der Waals surface area contributed by atoms with Gasteiger partial charge in [0.05, 0.1) is 0 Å². The molecule has 2 amide bonds. The average Bonchev–Trinajstić information content (AvgIpc) is 3.19. The van der Waals surface area contributed by atoms with E-state index in [1.807, 2.05) is 19.1 Å². The van der Waals surface area contributed by atoms with Crippen LogP contribution in [0.5, 0.6) is 0 Å². The molecule has 1 saturated carbocycles. The molecule has 0 radical (unpaired) electrons. The van der Waals surface area contributed by atoms with Gasteiger partial charge >= 0.3 is 11.8 Å². The number of aliphatic hydroxyl groups excluding tert-OH is 1. The Kier molecular flexibility index (Phi) is 4.39. The van der Waals surface area contributed by atoms with Gasteiger partial charge in [0.25, 0.3) is 0 Å². The summed E-state index contributed by atoms with van der Waals surface area (Å²) in [6, 6.07) is 7.26. The van der Waals surface area contributed by atoms with Crippen LogP contribution in [0, 0.1) is 12.3 Å². The predicted octanol–water partition coefficient (Wildman–Crippen LogP) is 1.21. The standard InChI is InChI=1S/C15H20N2O3/c1-11-2-4-12(5-3-11)17-14(20)13(19)16-10-15(6-7-15)8-9-18/h2-5,18H,6-10H2,1H3,(H,16,19)(H,17,20). The number of aliphatic hydroxyl groups is 1. The minimum Gasteiger partial charge on any atom is -0.396 e. The Morgan fingerprint density at radius 3 is 2.40 bits per heavy atom. The lowest BCUT2D eigenvalue weighted by Gasteiger charge is -2.14. The minimum absolute atomic E-state index is 0.00848. The van der Waals surface area contributed by atoms with E-state index in [0.717, 1.165) is 18.4 Å². The lowest BCUT2D eigenvalue weighted by molar-refractivity contribution is -0.136. The van der Waals surface area contributed by atoms with Crippen LogP contribution >= 0.6 is 0 Å². The molecular formula is C15H20N2O3. The molecule has 0 unspecified atom stereocenters. The van der Waals surface area contributed by atoms with Crippen molar-refractivity contribution in [3.05, 3.63) is 29.8 Å². The molecule has 3 N–H and O–H groups in total. The van der Waals surface area contributed by atoms with Gasteiger partial charge in [0.15, 0.2) is 0 Å². The zero-order valence-corrected chi connectivity index (χ0v) is 11.6. The lowest BCUT2D eigenvalue weighted by atomic mass is 10.0. The third-order valence-electron chi connectivity index (χ3n) is 3.74. The molecule has 1 aromatic carbocycles. The lowest BCUT2D eigenvalue weighted by Crippen LogP contribution is -2.38. The molecule has 108 valence electrons. The highest BCUT2D eigenvalue weighted by Crippen LogP contribution is 2.47. The first kappa shape index (κ1) is 14.5. The van der Waals surface area contributed by atoms with Crippen molar-refractivity contribution in [2.45, 2.75) is 26.2 Å². The summed E-state index contributed by atoms with van der Waals surface area (Å²) in [6.45, 7) is 2.52. The Bertz CT molecular complexity index is 492. The Morgan fingerprint density at radius 2 is 1.85 bits per heavy atom. The molecule has 0 aromatic heterocycles. The summed E-state index contributed by atoms with van der Waals surface area (Å²) in [5.41, 5.74) is 1.70. The summed E-state index contributed by atoms with van der Waals surface area (Å²) in [5, 5.41) is 14.1. The molecular weight excluding hydrogens is 256 g/mol. The third kappa shape index (κ3) is 3.81. The third-order valence-corrected chi connectivity index (χ3v) is 3.74. The topological polar surface area (TPSA) is 78.4 Å². The van der Waals surface area contributed by atoms with Gasteiger partial charge in [-0.3, -0.25) is 9.59 Å². The van der Waals surface area contributed by atoms with Crippen molar-refractivity contribution in [2.75, 3.05) is 18.5 Å². The first-order valence-electron chi connectivity index (χ1n) is 6.81. The molecule has 0 heterocycles. The molecule has 0 atom stereocenters. The number of carbonyl (C=O) groups excluding carboxylic acids is 2. The average molecular weight is 276 g/mol. The van der Waals surface area contributed by atoms with Crippen LogP contribution in [-0.2, 0) is 9.59 Å². The molecule has 20 heavy (non-hydrogen) atoms. The quantitative estimate of drug-likeness (QED) is 0.707. The van der Waals surface area contributed by atoms with Gasteiger partial charge in [0.2, 0.25) is 0 Å². The Hall–Kier alpha value is -1.88. The zero-order chi connectivity index (χ0) is 14.6. The van der Waals surface area contributed by atoms with Gasteiger partial charge in [-0.15, -0.1) is 0 Å². The Labute approximate surface area is 118 Å².